The molecule has 2 rings (SSSR count). The van der Waals surface area contributed by atoms with Gasteiger partial charge in [-0.2, -0.15) is 23.4 Å². The SMILES string of the molecule is Cc1cnnc(C(O)(c2ccc(Br)cc2)C(F)(F)F)c1. The number of nitrogens with zero attached hydrogens (tertiary/aromatic N) is 2. The highest BCUT2D eigenvalue weighted by molar-refractivity contribution is 9.10. The fraction of sp³-hybridized carbons (Fsp3) is 0.231. The molecule has 1 atom stereocenters. The van der Waals surface area contributed by atoms with Gasteiger partial charge in [-0.05, 0) is 36.2 Å². The van der Waals surface area contributed by atoms with Crippen LogP contribution in [-0.2, 0) is 5.60 Å². The first-order chi connectivity index (χ1) is 9.25. The van der Waals surface area contributed by atoms with Crippen LogP contribution < -0.4 is 0 Å². The summed E-state index contributed by atoms with van der Waals surface area (Å²) in [5, 5.41) is 17.2. The molecule has 0 bridgehead atoms. The van der Waals surface area contributed by atoms with E-state index in [1.54, 1.807) is 6.92 Å². The maximum Gasteiger partial charge on any atom is 0.427 e. The van der Waals surface area contributed by atoms with E-state index in [2.05, 4.69) is 26.1 Å². The zero-order chi connectivity index (χ0) is 15.0. The van der Waals surface area contributed by atoms with E-state index in [4.69, 9.17) is 0 Å². The van der Waals surface area contributed by atoms with Gasteiger partial charge in [0.05, 0.1) is 6.20 Å². The first-order valence-corrected chi connectivity index (χ1v) is 6.39. The predicted octanol–water partition coefficient (Wildman–Crippen LogP) is 3.35. The lowest BCUT2D eigenvalue weighted by Crippen LogP contribution is -2.44. The molecule has 1 heterocycles. The number of rotatable bonds is 2. The van der Waals surface area contributed by atoms with E-state index in [1.165, 1.54) is 36.5 Å². The Kier molecular flexibility index (Phi) is 3.84. The van der Waals surface area contributed by atoms with E-state index in [0.717, 1.165) is 0 Å². The maximum absolute atomic E-state index is 13.4. The molecule has 7 heteroatoms. The van der Waals surface area contributed by atoms with Crippen LogP contribution in [0.2, 0.25) is 0 Å². The summed E-state index contributed by atoms with van der Waals surface area (Å²) in [5.74, 6) is 0. The number of benzene rings is 1. The van der Waals surface area contributed by atoms with Crippen LogP contribution >= 0.6 is 15.9 Å². The molecule has 3 nitrogen and oxygen atoms in total. The van der Waals surface area contributed by atoms with Crippen LogP contribution in [0, 0.1) is 6.92 Å². The van der Waals surface area contributed by atoms with Gasteiger partial charge in [-0.15, -0.1) is 0 Å². The Morgan fingerprint density at radius 1 is 1.15 bits per heavy atom. The quantitative estimate of drug-likeness (QED) is 0.906. The molecule has 1 N–H and O–H groups in total. The van der Waals surface area contributed by atoms with Gasteiger partial charge in [0.1, 0.15) is 5.69 Å². The van der Waals surface area contributed by atoms with Crippen molar-refractivity contribution < 1.29 is 18.3 Å². The summed E-state index contributed by atoms with van der Waals surface area (Å²) < 4.78 is 40.7. The molecule has 1 aromatic carbocycles. The largest absolute Gasteiger partial charge is 0.427 e. The van der Waals surface area contributed by atoms with Crippen LogP contribution in [0.5, 0.6) is 0 Å². The Labute approximate surface area is 121 Å². The second-order valence-electron chi connectivity index (χ2n) is 4.33. The third-order valence-corrected chi connectivity index (χ3v) is 3.36. The molecule has 20 heavy (non-hydrogen) atoms. The molecule has 0 spiro atoms. The summed E-state index contributed by atoms with van der Waals surface area (Å²) >= 11 is 3.14. The summed E-state index contributed by atoms with van der Waals surface area (Å²) in [4.78, 5) is 0. The van der Waals surface area contributed by atoms with E-state index in [1.807, 2.05) is 0 Å². The lowest BCUT2D eigenvalue weighted by atomic mass is 9.89. The van der Waals surface area contributed by atoms with Gasteiger partial charge in [-0.1, -0.05) is 28.1 Å². The Morgan fingerprint density at radius 3 is 2.25 bits per heavy atom. The van der Waals surface area contributed by atoms with Crippen LogP contribution in [0.1, 0.15) is 16.8 Å². The van der Waals surface area contributed by atoms with Gasteiger partial charge >= 0.3 is 6.18 Å². The average molecular weight is 347 g/mol. The van der Waals surface area contributed by atoms with Crippen molar-refractivity contribution in [1.82, 2.24) is 10.2 Å². The van der Waals surface area contributed by atoms with Crippen molar-refractivity contribution in [3.8, 4) is 0 Å². The molecule has 106 valence electrons. The van der Waals surface area contributed by atoms with Crippen molar-refractivity contribution in [2.24, 2.45) is 0 Å². The van der Waals surface area contributed by atoms with E-state index in [9.17, 15) is 18.3 Å². The third-order valence-electron chi connectivity index (χ3n) is 2.83. The topological polar surface area (TPSA) is 46.0 Å². The molecular formula is C13H10BrF3N2O. The molecule has 1 unspecified atom stereocenters. The first-order valence-electron chi connectivity index (χ1n) is 5.60. The number of aryl methyl sites for hydroxylation is 1. The van der Waals surface area contributed by atoms with Crippen LogP contribution in [0.25, 0.3) is 0 Å². The van der Waals surface area contributed by atoms with Crippen LogP contribution in [-0.4, -0.2) is 21.5 Å². The Balaban J connectivity index is 2.66. The molecule has 0 saturated heterocycles. The monoisotopic (exact) mass is 346 g/mol. The van der Waals surface area contributed by atoms with Gasteiger partial charge < -0.3 is 5.11 Å². The first kappa shape index (κ1) is 14.9. The fourth-order valence-electron chi connectivity index (χ4n) is 1.79. The van der Waals surface area contributed by atoms with Crippen LogP contribution in [0.15, 0.2) is 41.0 Å². The molecule has 0 aliphatic carbocycles. The van der Waals surface area contributed by atoms with E-state index < -0.39 is 17.5 Å². The van der Waals surface area contributed by atoms with Crippen molar-refractivity contribution in [2.45, 2.75) is 18.7 Å². The minimum absolute atomic E-state index is 0.312. The van der Waals surface area contributed by atoms with E-state index in [-0.39, 0.29) is 5.56 Å². The smallest absolute Gasteiger partial charge is 0.371 e. The van der Waals surface area contributed by atoms with Gasteiger partial charge in [0, 0.05) is 4.47 Å². The number of hydrogen-bond donors (Lipinski definition) is 1. The normalized spacial score (nSPS) is 14.9. The molecular weight excluding hydrogens is 337 g/mol. The zero-order valence-corrected chi connectivity index (χ0v) is 11.9. The lowest BCUT2D eigenvalue weighted by Gasteiger charge is -2.30. The molecule has 0 amide bonds. The van der Waals surface area contributed by atoms with Gasteiger partial charge in [0.25, 0.3) is 0 Å². The molecule has 0 radical (unpaired) electrons. The van der Waals surface area contributed by atoms with Crippen molar-refractivity contribution >= 4 is 15.9 Å². The summed E-state index contributed by atoms with van der Waals surface area (Å²) in [7, 11) is 0. The summed E-state index contributed by atoms with van der Waals surface area (Å²) in [5.41, 5.74) is -3.57. The molecule has 0 fully saturated rings. The number of aromatic nitrogens is 2. The van der Waals surface area contributed by atoms with Crippen LogP contribution in [0.3, 0.4) is 0 Å². The minimum atomic E-state index is -4.91. The molecule has 0 aliphatic heterocycles. The van der Waals surface area contributed by atoms with Crippen molar-refractivity contribution in [3.63, 3.8) is 0 Å². The number of halogens is 4. The third kappa shape index (κ3) is 2.55. The number of aliphatic hydroxyl groups is 1. The second kappa shape index (κ2) is 5.14. The highest BCUT2D eigenvalue weighted by atomic mass is 79.9. The minimum Gasteiger partial charge on any atom is -0.371 e. The van der Waals surface area contributed by atoms with Gasteiger partial charge in [0.15, 0.2) is 0 Å². The molecule has 1 aromatic heterocycles. The van der Waals surface area contributed by atoms with E-state index >= 15 is 0 Å². The maximum atomic E-state index is 13.4. The number of alkyl halides is 3. The van der Waals surface area contributed by atoms with Crippen molar-refractivity contribution in [1.29, 1.82) is 0 Å². The highest BCUT2D eigenvalue weighted by Crippen LogP contribution is 2.43. The second-order valence-corrected chi connectivity index (χ2v) is 5.25. The average Bonchev–Trinajstić information content (AvgIpc) is 2.37. The fourth-order valence-corrected chi connectivity index (χ4v) is 2.05. The highest BCUT2D eigenvalue weighted by Gasteiger charge is 2.57. The van der Waals surface area contributed by atoms with Gasteiger partial charge in [0.2, 0.25) is 5.60 Å². The van der Waals surface area contributed by atoms with E-state index in [0.29, 0.717) is 10.0 Å². The summed E-state index contributed by atoms with van der Waals surface area (Å²) in [6.07, 6.45) is -3.59. The van der Waals surface area contributed by atoms with Crippen LogP contribution in [0.4, 0.5) is 13.2 Å². The molecule has 0 saturated carbocycles. The zero-order valence-electron chi connectivity index (χ0n) is 10.3. The number of hydrogen-bond acceptors (Lipinski definition) is 3. The molecule has 2 aromatic rings. The Hall–Kier alpha value is -1.47. The van der Waals surface area contributed by atoms with Crippen molar-refractivity contribution in [2.75, 3.05) is 0 Å². The van der Waals surface area contributed by atoms with Gasteiger partial charge in [-0.3, -0.25) is 0 Å². The van der Waals surface area contributed by atoms with Crippen molar-refractivity contribution in [3.05, 3.63) is 57.8 Å². The summed E-state index contributed by atoms with van der Waals surface area (Å²) in [6.45, 7) is 1.58. The Morgan fingerprint density at radius 2 is 1.75 bits per heavy atom. The Bertz CT molecular complexity index is 616. The molecule has 0 aliphatic rings. The summed E-state index contributed by atoms with van der Waals surface area (Å²) in [6, 6.07) is 6.41. The lowest BCUT2D eigenvalue weighted by molar-refractivity contribution is -0.250. The van der Waals surface area contributed by atoms with Gasteiger partial charge in [-0.25, -0.2) is 0 Å². The predicted molar refractivity (Wildman–Crippen MR) is 70.0 cm³/mol. The standard InChI is InChI=1S/C13H10BrF3N2O/c1-8-6-11(19-18-7-8)12(20,13(15,16)17)9-2-4-10(14)5-3-9/h2-7,20H,1H3.